The molecule has 0 saturated carbocycles. The van der Waals surface area contributed by atoms with Gasteiger partial charge in [-0.3, -0.25) is 9.59 Å². The van der Waals surface area contributed by atoms with Crippen molar-refractivity contribution < 1.29 is 18.7 Å². The third kappa shape index (κ3) is 4.64. The van der Waals surface area contributed by atoms with Gasteiger partial charge in [-0.1, -0.05) is 41.4 Å². The number of hydrogen-bond donors (Lipinski definition) is 2. The summed E-state index contributed by atoms with van der Waals surface area (Å²) >= 11 is 5.97. The predicted octanol–water partition coefficient (Wildman–Crippen LogP) is 3.80. The molecule has 3 aromatic carbocycles. The Bertz CT molecular complexity index is 1140. The minimum absolute atomic E-state index is 0.275. The van der Waals surface area contributed by atoms with Crippen molar-refractivity contribution in [3.8, 4) is 0 Å². The van der Waals surface area contributed by atoms with Gasteiger partial charge in [0.05, 0.1) is 0 Å². The molecule has 0 unspecified atom stereocenters. The number of aryl methyl sites for hydroxylation is 1. The van der Waals surface area contributed by atoms with Crippen molar-refractivity contribution >= 4 is 29.6 Å². The fraction of sp³-hybridized carbons (Fsp3) is 0.125. The minimum atomic E-state index is -0.844. The minimum Gasteiger partial charge on any atom is -0.334 e. The Hall–Kier alpha value is -3.51. The molecule has 7 heteroatoms. The van der Waals surface area contributed by atoms with Gasteiger partial charge < -0.3 is 5.32 Å². The number of nitrogens with zero attached hydrogens (tertiary/aromatic N) is 1. The van der Waals surface area contributed by atoms with Crippen LogP contribution in [0.5, 0.6) is 0 Å². The quantitative estimate of drug-likeness (QED) is 0.611. The second kappa shape index (κ2) is 8.70. The molecule has 0 bridgehead atoms. The zero-order valence-electron chi connectivity index (χ0n) is 16.7. The second-order valence-electron chi connectivity index (χ2n) is 7.38. The van der Waals surface area contributed by atoms with Crippen molar-refractivity contribution in [2.75, 3.05) is 0 Å². The van der Waals surface area contributed by atoms with Crippen molar-refractivity contribution in [2.24, 2.45) is 0 Å². The summed E-state index contributed by atoms with van der Waals surface area (Å²) in [7, 11) is 0. The number of amides is 2. The van der Waals surface area contributed by atoms with Gasteiger partial charge in [-0.25, -0.2) is 4.39 Å². The highest BCUT2D eigenvalue weighted by Crippen LogP contribution is 2.26. The van der Waals surface area contributed by atoms with Gasteiger partial charge in [0.15, 0.2) is 6.04 Å². The number of nitrogens with one attached hydrogen (secondary N) is 2. The first kappa shape index (κ1) is 20.8. The van der Waals surface area contributed by atoms with Crippen LogP contribution in [-0.2, 0) is 4.79 Å². The molecule has 1 aliphatic heterocycles. The van der Waals surface area contributed by atoms with E-state index >= 15 is 0 Å². The van der Waals surface area contributed by atoms with Crippen LogP contribution >= 0.6 is 11.6 Å². The number of carbonyl (C=O) groups is 2. The van der Waals surface area contributed by atoms with Crippen molar-refractivity contribution in [2.45, 2.75) is 19.0 Å². The highest BCUT2D eigenvalue weighted by Gasteiger charge is 2.47. The van der Waals surface area contributed by atoms with Crippen molar-refractivity contribution in [1.82, 2.24) is 10.7 Å². The summed E-state index contributed by atoms with van der Waals surface area (Å²) < 4.78 is 14.9. The summed E-state index contributed by atoms with van der Waals surface area (Å²) in [5.74, 6) is -1.23. The Morgan fingerprint density at radius 3 is 2.32 bits per heavy atom. The fourth-order valence-electron chi connectivity index (χ4n) is 3.48. The number of carbonyl (C=O) groups excluding carboxylic acids is 2. The van der Waals surface area contributed by atoms with E-state index in [1.165, 1.54) is 24.3 Å². The summed E-state index contributed by atoms with van der Waals surface area (Å²) in [5.41, 5.74) is 5.89. The lowest BCUT2D eigenvalue weighted by molar-refractivity contribution is -0.596. The molecule has 1 fully saturated rings. The molecule has 2 atom stereocenters. The zero-order valence-corrected chi connectivity index (χ0v) is 17.4. The summed E-state index contributed by atoms with van der Waals surface area (Å²) in [6.45, 7) is 1.98. The summed E-state index contributed by atoms with van der Waals surface area (Å²) in [4.78, 5) is 25.6. The number of hydrazone groups is 1. The zero-order chi connectivity index (χ0) is 22.0. The molecular formula is C24H20ClFN3O2+. The molecule has 2 amide bonds. The van der Waals surface area contributed by atoms with Crippen LogP contribution in [0.1, 0.15) is 33.1 Å². The average Bonchev–Trinajstić information content (AvgIpc) is 3.05. The third-order valence-corrected chi connectivity index (χ3v) is 5.36. The monoisotopic (exact) mass is 436 g/mol. The van der Waals surface area contributed by atoms with E-state index in [2.05, 4.69) is 10.7 Å². The third-order valence-electron chi connectivity index (χ3n) is 5.11. The van der Waals surface area contributed by atoms with Crippen LogP contribution in [0, 0.1) is 12.7 Å². The van der Waals surface area contributed by atoms with Crippen LogP contribution in [0.15, 0.2) is 72.8 Å². The lowest BCUT2D eigenvalue weighted by atomic mass is 9.98. The van der Waals surface area contributed by atoms with E-state index in [1.54, 1.807) is 23.0 Å². The lowest BCUT2D eigenvalue weighted by Gasteiger charge is -2.15. The van der Waals surface area contributed by atoms with Gasteiger partial charge in [-0.05, 0) is 55.5 Å². The van der Waals surface area contributed by atoms with Crippen LogP contribution in [-0.4, -0.2) is 28.8 Å². The summed E-state index contributed by atoms with van der Waals surface area (Å²) in [6.07, 6.45) is 1.79. The van der Waals surface area contributed by atoms with Crippen molar-refractivity contribution in [1.29, 1.82) is 0 Å². The Morgan fingerprint density at radius 1 is 1.03 bits per heavy atom. The van der Waals surface area contributed by atoms with E-state index in [4.69, 9.17) is 11.6 Å². The van der Waals surface area contributed by atoms with Crippen LogP contribution in [0.3, 0.4) is 0 Å². The molecular weight excluding hydrogens is 417 g/mol. The molecule has 0 spiro atoms. The highest BCUT2D eigenvalue weighted by atomic mass is 35.5. The van der Waals surface area contributed by atoms with E-state index in [0.717, 1.165) is 16.7 Å². The van der Waals surface area contributed by atoms with Crippen molar-refractivity contribution in [3.63, 3.8) is 0 Å². The van der Waals surface area contributed by atoms with Gasteiger partial charge in [-0.2, -0.15) is 0 Å². The Kier molecular flexibility index (Phi) is 5.82. The average molecular weight is 437 g/mol. The molecule has 3 aromatic rings. The van der Waals surface area contributed by atoms with Gasteiger partial charge in [0.2, 0.25) is 12.3 Å². The van der Waals surface area contributed by atoms with Gasteiger partial charge in [-0.15, -0.1) is 10.1 Å². The first-order valence-electron chi connectivity index (χ1n) is 9.73. The lowest BCUT2D eigenvalue weighted by Crippen LogP contribution is -2.42. The molecule has 0 aliphatic carbocycles. The van der Waals surface area contributed by atoms with E-state index in [0.29, 0.717) is 5.02 Å². The first-order valence-corrected chi connectivity index (χ1v) is 10.1. The maximum Gasteiger partial charge on any atom is 0.304 e. The van der Waals surface area contributed by atoms with Gasteiger partial charge >= 0.3 is 5.91 Å². The number of rotatable bonds is 4. The Balaban J connectivity index is 1.69. The van der Waals surface area contributed by atoms with Gasteiger partial charge in [0, 0.05) is 21.7 Å². The standard InChI is InChI=1S/C24H19ClFN3O2/c1-15-2-6-17(7-3-15)22-21(27-23(30)18-8-12-20(26)13-9-18)24(31)28-29(22)14-16-4-10-19(25)11-5-16/h2-14,21-22H,1H3,(H-,27,28,30,31)/p+1/b29-14-/t21-,22+/m1/s1. The highest BCUT2D eigenvalue weighted by molar-refractivity contribution is 6.30. The molecule has 0 radical (unpaired) electrons. The Morgan fingerprint density at radius 2 is 1.68 bits per heavy atom. The first-order chi connectivity index (χ1) is 14.9. The van der Waals surface area contributed by atoms with Crippen molar-refractivity contribution in [3.05, 3.63) is 106 Å². The fourth-order valence-corrected chi connectivity index (χ4v) is 3.61. The van der Waals surface area contributed by atoms with E-state index in [1.807, 2.05) is 43.3 Å². The molecule has 1 heterocycles. The molecule has 31 heavy (non-hydrogen) atoms. The number of benzene rings is 3. The maximum atomic E-state index is 13.2. The largest absolute Gasteiger partial charge is 0.334 e. The second-order valence-corrected chi connectivity index (χ2v) is 7.81. The molecule has 1 aliphatic rings. The molecule has 2 N–H and O–H groups in total. The number of halogens is 2. The molecule has 5 nitrogen and oxygen atoms in total. The van der Waals surface area contributed by atoms with E-state index in [9.17, 15) is 14.0 Å². The van der Waals surface area contributed by atoms with Crippen LogP contribution in [0.4, 0.5) is 4.39 Å². The number of hydrogen-bond acceptors (Lipinski definition) is 2. The predicted molar refractivity (Wildman–Crippen MR) is 117 cm³/mol. The summed E-state index contributed by atoms with van der Waals surface area (Å²) in [5, 5.41) is 3.41. The molecule has 156 valence electrons. The van der Waals surface area contributed by atoms with E-state index < -0.39 is 23.8 Å². The molecule has 0 aromatic heterocycles. The SMILES string of the molecule is Cc1ccc([C@H]2[C@@H](NC(=O)c3ccc(F)cc3)C(=O)N/[N+]2=C\c2ccc(Cl)cc2)cc1. The van der Waals surface area contributed by atoms with E-state index in [-0.39, 0.29) is 11.5 Å². The Labute approximate surface area is 184 Å². The molecule has 4 rings (SSSR count). The van der Waals surface area contributed by atoms with Crippen LogP contribution in [0.25, 0.3) is 0 Å². The van der Waals surface area contributed by atoms with Crippen LogP contribution < -0.4 is 10.7 Å². The smallest absolute Gasteiger partial charge is 0.304 e. The van der Waals surface area contributed by atoms with Gasteiger partial charge in [0.25, 0.3) is 5.91 Å². The summed E-state index contributed by atoms with van der Waals surface area (Å²) in [6, 6.07) is 18.8. The van der Waals surface area contributed by atoms with Crippen LogP contribution in [0.2, 0.25) is 5.02 Å². The maximum absolute atomic E-state index is 13.2. The van der Waals surface area contributed by atoms with Gasteiger partial charge in [0.1, 0.15) is 5.82 Å². The normalized spacial score (nSPS) is 19.3. The number of hydrazine groups is 1. The topological polar surface area (TPSA) is 61.2 Å². The molecule has 1 saturated heterocycles.